The number of para-hydroxylation sites is 1. The first kappa shape index (κ1) is 16.6. The number of nitrogens with one attached hydrogen (secondary N) is 2. The molecule has 0 saturated heterocycles. The molecule has 3 rings (SSSR count). The van der Waals surface area contributed by atoms with E-state index >= 15 is 0 Å². The molecule has 0 saturated carbocycles. The highest BCUT2D eigenvalue weighted by Crippen LogP contribution is 2.22. The monoisotopic (exact) mass is 393 g/mol. The predicted molar refractivity (Wildman–Crippen MR) is 98.6 cm³/mol. The average Bonchev–Trinajstić information content (AvgIpc) is 2.64. The first-order chi connectivity index (χ1) is 12.2. The van der Waals surface area contributed by atoms with Crippen LogP contribution in [0, 0.1) is 11.3 Å². The van der Waals surface area contributed by atoms with E-state index < -0.39 is 0 Å². The minimum atomic E-state index is -0.301. The number of halogens is 1. The lowest BCUT2D eigenvalue weighted by molar-refractivity contribution is 0.102. The quantitative estimate of drug-likeness (QED) is 0.695. The third-order valence-corrected chi connectivity index (χ3v) is 3.98. The number of carbonyl (C=O) groups excluding carboxylic acids is 1. The van der Waals surface area contributed by atoms with E-state index in [1.807, 2.05) is 18.2 Å². The van der Waals surface area contributed by atoms with Gasteiger partial charge in [-0.3, -0.25) is 4.79 Å². The lowest BCUT2D eigenvalue weighted by atomic mass is 10.2. The van der Waals surface area contributed by atoms with Gasteiger partial charge in [-0.25, -0.2) is 9.97 Å². The molecule has 6 nitrogen and oxygen atoms in total. The molecule has 3 aromatic rings. The molecule has 0 aliphatic heterocycles. The van der Waals surface area contributed by atoms with Crippen LogP contribution in [-0.2, 0) is 0 Å². The van der Waals surface area contributed by atoms with E-state index in [1.54, 1.807) is 30.3 Å². The number of nitrogens with zero attached hydrogens (tertiary/aromatic N) is 3. The molecule has 0 fully saturated rings. The second kappa shape index (κ2) is 7.55. The zero-order valence-electron chi connectivity index (χ0n) is 12.9. The Kier molecular flexibility index (Phi) is 5.02. The van der Waals surface area contributed by atoms with Gasteiger partial charge in [0.15, 0.2) is 0 Å². The van der Waals surface area contributed by atoms with Crippen LogP contribution in [0.1, 0.15) is 15.9 Å². The molecular formula is C18H12BrN5O. The third-order valence-electron chi connectivity index (χ3n) is 3.28. The molecule has 0 radical (unpaired) electrons. The van der Waals surface area contributed by atoms with Gasteiger partial charge in [-0.1, -0.05) is 18.2 Å². The fourth-order valence-electron chi connectivity index (χ4n) is 2.06. The highest BCUT2D eigenvalue weighted by molar-refractivity contribution is 9.10. The Morgan fingerprint density at radius 3 is 2.56 bits per heavy atom. The van der Waals surface area contributed by atoms with Crippen molar-refractivity contribution in [2.24, 2.45) is 0 Å². The van der Waals surface area contributed by atoms with Crippen LogP contribution in [0.15, 0.2) is 65.4 Å². The highest BCUT2D eigenvalue weighted by Gasteiger charge is 2.09. The molecule has 0 bridgehead atoms. The summed E-state index contributed by atoms with van der Waals surface area (Å²) < 4.78 is 0.792. The van der Waals surface area contributed by atoms with Gasteiger partial charge in [-0.2, -0.15) is 5.26 Å². The maximum absolute atomic E-state index is 12.3. The van der Waals surface area contributed by atoms with E-state index in [9.17, 15) is 4.79 Å². The molecular weight excluding hydrogens is 382 g/mol. The number of nitriles is 1. The summed E-state index contributed by atoms with van der Waals surface area (Å²) in [6.07, 6.45) is 2.88. The average molecular weight is 394 g/mol. The summed E-state index contributed by atoms with van der Waals surface area (Å²) in [6.45, 7) is 0. The van der Waals surface area contributed by atoms with E-state index in [2.05, 4.69) is 42.6 Å². The lowest BCUT2D eigenvalue weighted by Gasteiger charge is -2.08. The molecule has 0 spiro atoms. The smallest absolute Gasteiger partial charge is 0.258 e. The van der Waals surface area contributed by atoms with E-state index in [1.165, 1.54) is 12.4 Å². The summed E-state index contributed by atoms with van der Waals surface area (Å²) in [7, 11) is 0. The van der Waals surface area contributed by atoms with Gasteiger partial charge in [-0.05, 0) is 46.3 Å². The van der Waals surface area contributed by atoms with Gasteiger partial charge in [0, 0.05) is 22.6 Å². The van der Waals surface area contributed by atoms with Gasteiger partial charge in [0.1, 0.15) is 0 Å². The van der Waals surface area contributed by atoms with Crippen molar-refractivity contribution >= 4 is 39.2 Å². The van der Waals surface area contributed by atoms with Crippen molar-refractivity contribution in [1.29, 1.82) is 5.26 Å². The van der Waals surface area contributed by atoms with Gasteiger partial charge < -0.3 is 10.6 Å². The van der Waals surface area contributed by atoms with Crippen LogP contribution in [0.3, 0.4) is 0 Å². The van der Waals surface area contributed by atoms with Crippen molar-refractivity contribution in [1.82, 2.24) is 9.97 Å². The largest absolute Gasteiger partial charge is 0.324 e. The topological polar surface area (TPSA) is 90.7 Å². The zero-order chi connectivity index (χ0) is 17.6. The molecule has 1 aromatic heterocycles. The predicted octanol–water partition coefficient (Wildman–Crippen LogP) is 4.11. The van der Waals surface area contributed by atoms with Crippen molar-refractivity contribution in [3.8, 4) is 6.07 Å². The Labute approximate surface area is 152 Å². The molecule has 1 heterocycles. The molecule has 2 N–H and O–H groups in total. The molecule has 1 amide bonds. The minimum Gasteiger partial charge on any atom is -0.324 e. The van der Waals surface area contributed by atoms with Gasteiger partial charge in [0.2, 0.25) is 5.95 Å². The molecule has 0 aliphatic rings. The van der Waals surface area contributed by atoms with E-state index in [4.69, 9.17) is 5.26 Å². The van der Waals surface area contributed by atoms with Crippen molar-refractivity contribution in [3.05, 3.63) is 76.5 Å². The standard InChI is InChI=1S/C18H12BrN5O/c19-15-6-1-2-7-16(15)24-17(25)13-10-21-18(22-11-13)23-14-5-3-4-12(8-14)9-20/h1-8,10-11H,(H,24,25)(H,21,22,23). The van der Waals surface area contributed by atoms with Crippen molar-refractivity contribution < 1.29 is 4.79 Å². The second-order valence-electron chi connectivity index (χ2n) is 5.05. The summed E-state index contributed by atoms with van der Waals surface area (Å²) >= 11 is 3.38. The van der Waals surface area contributed by atoms with Gasteiger partial charge in [0.25, 0.3) is 5.91 Å². The molecule has 122 valence electrons. The van der Waals surface area contributed by atoms with Crippen LogP contribution in [-0.4, -0.2) is 15.9 Å². The second-order valence-corrected chi connectivity index (χ2v) is 5.90. The number of carbonyl (C=O) groups is 1. The summed E-state index contributed by atoms with van der Waals surface area (Å²) in [4.78, 5) is 20.5. The first-order valence-corrected chi connectivity index (χ1v) is 8.10. The molecule has 0 unspecified atom stereocenters. The summed E-state index contributed by atoms with van der Waals surface area (Å²) in [5.74, 6) is 0.0393. The number of anilines is 3. The highest BCUT2D eigenvalue weighted by atomic mass is 79.9. The van der Waals surface area contributed by atoms with Crippen LogP contribution in [0.5, 0.6) is 0 Å². The van der Waals surface area contributed by atoms with Crippen LogP contribution >= 0.6 is 15.9 Å². The number of hydrogen-bond donors (Lipinski definition) is 2. The van der Waals surface area contributed by atoms with E-state index in [-0.39, 0.29) is 5.91 Å². The number of aromatic nitrogens is 2. The van der Waals surface area contributed by atoms with Crippen LogP contribution in [0.2, 0.25) is 0 Å². The first-order valence-electron chi connectivity index (χ1n) is 7.31. The Hall–Kier alpha value is -3.24. The summed E-state index contributed by atoms with van der Waals surface area (Å²) in [5, 5.41) is 14.7. The van der Waals surface area contributed by atoms with Crippen LogP contribution in [0.4, 0.5) is 17.3 Å². The molecule has 2 aromatic carbocycles. The van der Waals surface area contributed by atoms with Gasteiger partial charge >= 0.3 is 0 Å². The van der Waals surface area contributed by atoms with Crippen molar-refractivity contribution in [3.63, 3.8) is 0 Å². The maximum Gasteiger partial charge on any atom is 0.258 e. The number of benzene rings is 2. The molecule has 0 atom stereocenters. The normalized spacial score (nSPS) is 9.92. The Balaban J connectivity index is 1.70. The Morgan fingerprint density at radius 1 is 1.08 bits per heavy atom. The maximum atomic E-state index is 12.3. The minimum absolute atomic E-state index is 0.301. The zero-order valence-corrected chi connectivity index (χ0v) is 14.5. The van der Waals surface area contributed by atoms with E-state index in [0.717, 1.165) is 4.47 Å². The van der Waals surface area contributed by atoms with E-state index in [0.29, 0.717) is 28.5 Å². The van der Waals surface area contributed by atoms with Gasteiger partial charge in [-0.15, -0.1) is 0 Å². The molecule has 7 heteroatoms. The van der Waals surface area contributed by atoms with Crippen molar-refractivity contribution in [2.75, 3.05) is 10.6 Å². The third kappa shape index (κ3) is 4.19. The van der Waals surface area contributed by atoms with Crippen LogP contribution < -0.4 is 10.6 Å². The van der Waals surface area contributed by atoms with Crippen LogP contribution in [0.25, 0.3) is 0 Å². The fourth-order valence-corrected chi connectivity index (χ4v) is 2.45. The SMILES string of the molecule is N#Cc1cccc(Nc2ncc(C(=O)Nc3ccccc3Br)cn2)c1. The Morgan fingerprint density at radius 2 is 1.84 bits per heavy atom. The molecule has 25 heavy (non-hydrogen) atoms. The number of rotatable bonds is 4. The summed E-state index contributed by atoms with van der Waals surface area (Å²) in [6, 6.07) is 16.4. The number of amides is 1. The van der Waals surface area contributed by atoms with Gasteiger partial charge in [0.05, 0.1) is 22.9 Å². The lowest BCUT2D eigenvalue weighted by Crippen LogP contribution is -2.13. The number of hydrogen-bond acceptors (Lipinski definition) is 5. The summed E-state index contributed by atoms with van der Waals surface area (Å²) in [5.41, 5.74) is 2.24. The molecule has 0 aliphatic carbocycles. The fraction of sp³-hybridized carbons (Fsp3) is 0. The van der Waals surface area contributed by atoms with Crippen molar-refractivity contribution in [2.45, 2.75) is 0 Å². The Bertz CT molecular complexity index is 950.